The highest BCUT2D eigenvalue weighted by Gasteiger charge is 2.12. The molecule has 2 aromatic heterocycles. The number of nitrogens with zero attached hydrogens (tertiary/aromatic N) is 5. The molecule has 0 saturated heterocycles. The molecule has 3 rings (SSSR count). The van der Waals surface area contributed by atoms with Crippen molar-refractivity contribution >= 4 is 23.5 Å². The molecule has 0 amide bonds. The average Bonchev–Trinajstić information content (AvgIpc) is 3.00. The average molecular weight is 372 g/mol. The third kappa shape index (κ3) is 4.83. The standard InChI is InChI=1S/C18H21N5S2/c1-4-23-16(12-24-17-19-13(2)10-14(3)20-17)21-22-18(23)25-11-15-8-6-5-7-9-15/h5-10H,4,11-12H2,1-3H3. The molecule has 130 valence electrons. The van der Waals surface area contributed by atoms with E-state index in [2.05, 4.69) is 55.9 Å². The lowest BCUT2D eigenvalue weighted by molar-refractivity contribution is 0.659. The molecule has 1 aromatic carbocycles. The summed E-state index contributed by atoms with van der Waals surface area (Å²) in [7, 11) is 0. The quantitative estimate of drug-likeness (QED) is 0.456. The number of thioether (sulfide) groups is 2. The van der Waals surface area contributed by atoms with Crippen molar-refractivity contribution in [2.75, 3.05) is 0 Å². The van der Waals surface area contributed by atoms with Crippen LogP contribution >= 0.6 is 23.5 Å². The van der Waals surface area contributed by atoms with Gasteiger partial charge in [-0.1, -0.05) is 53.9 Å². The van der Waals surface area contributed by atoms with Crippen LogP contribution in [-0.2, 0) is 18.1 Å². The molecule has 0 spiro atoms. The van der Waals surface area contributed by atoms with Crippen LogP contribution in [0.4, 0.5) is 0 Å². The predicted molar refractivity (Wildman–Crippen MR) is 103 cm³/mol. The maximum absolute atomic E-state index is 4.48. The number of aromatic nitrogens is 5. The zero-order valence-corrected chi connectivity index (χ0v) is 16.3. The highest BCUT2D eigenvalue weighted by atomic mass is 32.2. The van der Waals surface area contributed by atoms with Crippen LogP contribution in [0.2, 0.25) is 0 Å². The van der Waals surface area contributed by atoms with Gasteiger partial charge in [0.1, 0.15) is 5.82 Å². The Hall–Kier alpha value is -1.86. The summed E-state index contributed by atoms with van der Waals surface area (Å²) in [4.78, 5) is 8.95. The molecule has 0 aliphatic heterocycles. The second kappa shape index (κ2) is 8.49. The fourth-order valence-electron chi connectivity index (χ4n) is 2.46. The van der Waals surface area contributed by atoms with Gasteiger partial charge in [-0.2, -0.15) is 0 Å². The van der Waals surface area contributed by atoms with Crippen molar-refractivity contribution in [2.24, 2.45) is 0 Å². The van der Waals surface area contributed by atoms with Crippen LogP contribution in [0.15, 0.2) is 46.7 Å². The molecule has 25 heavy (non-hydrogen) atoms. The molecule has 0 N–H and O–H groups in total. The van der Waals surface area contributed by atoms with E-state index >= 15 is 0 Å². The molecule has 0 atom stereocenters. The van der Waals surface area contributed by atoms with Gasteiger partial charge in [0, 0.05) is 23.7 Å². The van der Waals surface area contributed by atoms with Gasteiger partial charge in [0.15, 0.2) is 10.3 Å². The van der Waals surface area contributed by atoms with Gasteiger partial charge in [0.05, 0.1) is 5.75 Å². The van der Waals surface area contributed by atoms with Crippen molar-refractivity contribution in [3.63, 3.8) is 0 Å². The molecular weight excluding hydrogens is 350 g/mol. The highest BCUT2D eigenvalue weighted by molar-refractivity contribution is 7.98. The molecule has 0 unspecified atom stereocenters. The summed E-state index contributed by atoms with van der Waals surface area (Å²) >= 11 is 3.33. The molecule has 7 heteroatoms. The van der Waals surface area contributed by atoms with E-state index in [-0.39, 0.29) is 0 Å². The monoisotopic (exact) mass is 371 g/mol. The van der Waals surface area contributed by atoms with E-state index in [1.807, 2.05) is 26.0 Å². The predicted octanol–water partition coefficient (Wildman–Crippen LogP) is 4.29. The first-order chi connectivity index (χ1) is 12.2. The number of hydrogen-bond acceptors (Lipinski definition) is 6. The van der Waals surface area contributed by atoms with E-state index in [1.54, 1.807) is 23.5 Å². The minimum atomic E-state index is 0.718. The first kappa shape index (κ1) is 17.9. The summed E-state index contributed by atoms with van der Waals surface area (Å²) in [5, 5.41) is 10.5. The molecular formula is C18H21N5S2. The summed E-state index contributed by atoms with van der Waals surface area (Å²) in [6.45, 7) is 6.96. The van der Waals surface area contributed by atoms with Crippen molar-refractivity contribution < 1.29 is 0 Å². The minimum absolute atomic E-state index is 0.718. The van der Waals surface area contributed by atoms with Gasteiger partial charge in [0.25, 0.3) is 0 Å². The fourth-order valence-corrected chi connectivity index (χ4v) is 4.33. The first-order valence-electron chi connectivity index (χ1n) is 8.19. The Labute approximate surface area is 156 Å². The van der Waals surface area contributed by atoms with E-state index < -0.39 is 0 Å². The molecule has 0 aliphatic rings. The van der Waals surface area contributed by atoms with Crippen LogP contribution < -0.4 is 0 Å². The summed E-state index contributed by atoms with van der Waals surface area (Å²) in [5.74, 6) is 2.58. The van der Waals surface area contributed by atoms with Gasteiger partial charge in [-0.05, 0) is 32.4 Å². The van der Waals surface area contributed by atoms with Gasteiger partial charge < -0.3 is 4.57 Å². The van der Waals surface area contributed by atoms with Crippen LogP contribution in [0.3, 0.4) is 0 Å². The second-order valence-corrected chi connectivity index (χ2v) is 7.52. The van der Waals surface area contributed by atoms with E-state index in [9.17, 15) is 0 Å². The molecule has 5 nitrogen and oxygen atoms in total. The maximum atomic E-state index is 4.48. The Morgan fingerprint density at radius 3 is 2.32 bits per heavy atom. The molecule has 0 radical (unpaired) electrons. The summed E-state index contributed by atoms with van der Waals surface area (Å²) in [6.07, 6.45) is 0. The third-order valence-corrected chi connectivity index (χ3v) is 5.49. The van der Waals surface area contributed by atoms with Crippen LogP contribution in [-0.4, -0.2) is 24.7 Å². The minimum Gasteiger partial charge on any atom is -0.306 e. The van der Waals surface area contributed by atoms with Gasteiger partial charge in [-0.25, -0.2) is 9.97 Å². The molecule has 2 heterocycles. The Morgan fingerprint density at radius 1 is 0.920 bits per heavy atom. The Kier molecular flexibility index (Phi) is 6.09. The lowest BCUT2D eigenvalue weighted by Gasteiger charge is -2.07. The van der Waals surface area contributed by atoms with Crippen molar-refractivity contribution in [1.29, 1.82) is 0 Å². The topological polar surface area (TPSA) is 56.5 Å². The Morgan fingerprint density at radius 2 is 1.64 bits per heavy atom. The van der Waals surface area contributed by atoms with Crippen molar-refractivity contribution in [3.8, 4) is 0 Å². The summed E-state index contributed by atoms with van der Waals surface area (Å²) < 4.78 is 2.17. The molecule has 0 bridgehead atoms. The SMILES string of the molecule is CCn1c(CSc2nc(C)cc(C)n2)nnc1SCc1ccccc1. The normalized spacial score (nSPS) is 11.0. The number of benzene rings is 1. The second-order valence-electron chi connectivity index (χ2n) is 5.64. The van der Waals surface area contributed by atoms with Crippen molar-refractivity contribution in [2.45, 2.75) is 49.1 Å². The van der Waals surface area contributed by atoms with Crippen molar-refractivity contribution in [1.82, 2.24) is 24.7 Å². The van der Waals surface area contributed by atoms with E-state index in [1.165, 1.54) is 5.56 Å². The molecule has 0 saturated carbocycles. The smallest absolute Gasteiger partial charge is 0.191 e. The van der Waals surface area contributed by atoms with E-state index in [4.69, 9.17) is 0 Å². The van der Waals surface area contributed by atoms with Crippen LogP contribution in [0.5, 0.6) is 0 Å². The largest absolute Gasteiger partial charge is 0.306 e. The fraction of sp³-hybridized carbons (Fsp3) is 0.333. The molecule has 3 aromatic rings. The van der Waals surface area contributed by atoms with Crippen LogP contribution in [0.1, 0.15) is 29.7 Å². The van der Waals surface area contributed by atoms with Gasteiger partial charge >= 0.3 is 0 Å². The lowest BCUT2D eigenvalue weighted by atomic mass is 10.2. The van der Waals surface area contributed by atoms with Gasteiger partial charge in [0.2, 0.25) is 0 Å². The maximum Gasteiger partial charge on any atom is 0.191 e. The molecule has 0 fully saturated rings. The van der Waals surface area contributed by atoms with E-state index in [0.717, 1.165) is 45.6 Å². The molecule has 0 aliphatic carbocycles. The Balaban J connectivity index is 1.67. The number of hydrogen-bond donors (Lipinski definition) is 0. The zero-order valence-electron chi connectivity index (χ0n) is 14.6. The van der Waals surface area contributed by atoms with Gasteiger partial charge in [-0.15, -0.1) is 10.2 Å². The highest BCUT2D eigenvalue weighted by Crippen LogP contribution is 2.25. The van der Waals surface area contributed by atoms with Crippen LogP contribution in [0.25, 0.3) is 0 Å². The summed E-state index contributed by atoms with van der Waals surface area (Å²) in [5.41, 5.74) is 3.27. The summed E-state index contributed by atoms with van der Waals surface area (Å²) in [6, 6.07) is 12.4. The zero-order chi connectivity index (χ0) is 17.6. The van der Waals surface area contributed by atoms with Crippen LogP contribution in [0, 0.1) is 13.8 Å². The Bertz CT molecular complexity index is 812. The van der Waals surface area contributed by atoms with Crippen molar-refractivity contribution in [3.05, 3.63) is 59.2 Å². The van der Waals surface area contributed by atoms with E-state index in [0.29, 0.717) is 0 Å². The number of aryl methyl sites for hydroxylation is 2. The number of rotatable bonds is 7. The lowest BCUT2D eigenvalue weighted by Crippen LogP contribution is -2.03. The third-order valence-electron chi connectivity index (χ3n) is 3.61. The van der Waals surface area contributed by atoms with Gasteiger partial charge in [-0.3, -0.25) is 0 Å². The first-order valence-corrected chi connectivity index (χ1v) is 10.2.